The number of halogens is 1. The lowest BCUT2D eigenvalue weighted by atomic mass is 10.3. The number of thiazole rings is 1. The van der Waals surface area contributed by atoms with Crippen molar-refractivity contribution in [3.05, 3.63) is 23.2 Å². The standard InChI is InChI=1S/C14H18ClN3OS/c1-4-18(5-2)13(19)9(3)16-14-17-11-7-6-10(15)8-12(11)20-14/h6-9H,4-5H2,1-3H3,(H,16,17). The second kappa shape index (κ2) is 6.41. The first kappa shape index (κ1) is 15.1. The van der Waals surface area contributed by atoms with Crippen molar-refractivity contribution in [1.82, 2.24) is 9.88 Å². The van der Waals surface area contributed by atoms with E-state index < -0.39 is 0 Å². The number of nitrogens with zero attached hydrogens (tertiary/aromatic N) is 2. The van der Waals surface area contributed by atoms with Gasteiger partial charge < -0.3 is 10.2 Å². The van der Waals surface area contributed by atoms with Crippen molar-refractivity contribution in [1.29, 1.82) is 0 Å². The highest BCUT2D eigenvalue weighted by atomic mass is 35.5. The van der Waals surface area contributed by atoms with Crippen LogP contribution in [0.2, 0.25) is 5.02 Å². The molecule has 108 valence electrons. The number of rotatable bonds is 5. The molecule has 2 rings (SSSR count). The number of likely N-dealkylation sites (N-methyl/N-ethyl adjacent to an activating group) is 1. The zero-order valence-corrected chi connectivity index (χ0v) is 13.4. The summed E-state index contributed by atoms with van der Waals surface area (Å²) >= 11 is 7.47. The number of hydrogen-bond acceptors (Lipinski definition) is 4. The second-order valence-electron chi connectivity index (χ2n) is 4.51. The third-order valence-corrected chi connectivity index (χ3v) is 4.32. The van der Waals surface area contributed by atoms with Gasteiger partial charge in [0.1, 0.15) is 6.04 Å². The molecule has 0 fully saturated rings. The number of aromatic nitrogens is 1. The number of fused-ring (bicyclic) bond motifs is 1. The molecule has 0 bridgehead atoms. The van der Waals surface area contributed by atoms with Crippen molar-refractivity contribution >= 4 is 44.2 Å². The maximum Gasteiger partial charge on any atom is 0.244 e. The van der Waals surface area contributed by atoms with Gasteiger partial charge in [-0.2, -0.15) is 0 Å². The zero-order chi connectivity index (χ0) is 14.7. The number of benzene rings is 1. The third kappa shape index (κ3) is 3.22. The Morgan fingerprint density at radius 3 is 2.80 bits per heavy atom. The fraction of sp³-hybridized carbons (Fsp3) is 0.429. The molecule has 0 saturated carbocycles. The van der Waals surface area contributed by atoms with E-state index in [4.69, 9.17) is 11.6 Å². The highest BCUT2D eigenvalue weighted by molar-refractivity contribution is 7.22. The third-order valence-electron chi connectivity index (χ3n) is 3.14. The molecular formula is C14H18ClN3OS. The Morgan fingerprint density at radius 1 is 1.45 bits per heavy atom. The SMILES string of the molecule is CCN(CC)C(=O)C(C)Nc1nc2ccc(Cl)cc2s1. The monoisotopic (exact) mass is 311 g/mol. The van der Waals surface area contributed by atoms with Gasteiger partial charge >= 0.3 is 0 Å². The van der Waals surface area contributed by atoms with Crippen LogP contribution in [-0.4, -0.2) is 34.9 Å². The van der Waals surface area contributed by atoms with Gasteiger partial charge in [0, 0.05) is 18.1 Å². The van der Waals surface area contributed by atoms with Gasteiger partial charge in [-0.15, -0.1) is 0 Å². The Balaban J connectivity index is 2.13. The van der Waals surface area contributed by atoms with Gasteiger partial charge in [0.05, 0.1) is 10.2 Å². The van der Waals surface area contributed by atoms with Crippen LogP contribution in [0.4, 0.5) is 5.13 Å². The van der Waals surface area contributed by atoms with E-state index in [-0.39, 0.29) is 11.9 Å². The molecule has 6 heteroatoms. The molecular weight excluding hydrogens is 294 g/mol. The van der Waals surface area contributed by atoms with Gasteiger partial charge in [-0.3, -0.25) is 4.79 Å². The average molecular weight is 312 g/mol. The molecule has 0 radical (unpaired) electrons. The summed E-state index contributed by atoms with van der Waals surface area (Å²) in [5.41, 5.74) is 0.893. The van der Waals surface area contributed by atoms with E-state index >= 15 is 0 Å². The number of hydrogen-bond donors (Lipinski definition) is 1. The van der Waals surface area contributed by atoms with Gasteiger partial charge in [0.15, 0.2) is 5.13 Å². The van der Waals surface area contributed by atoms with Crippen LogP contribution in [0.1, 0.15) is 20.8 Å². The van der Waals surface area contributed by atoms with Crippen molar-refractivity contribution in [3.8, 4) is 0 Å². The molecule has 20 heavy (non-hydrogen) atoms. The maximum absolute atomic E-state index is 12.2. The summed E-state index contributed by atoms with van der Waals surface area (Å²) in [6, 6.07) is 5.30. The summed E-state index contributed by atoms with van der Waals surface area (Å²) in [6.07, 6.45) is 0. The first-order valence-electron chi connectivity index (χ1n) is 6.66. The number of anilines is 1. The topological polar surface area (TPSA) is 45.2 Å². The number of carbonyl (C=O) groups excluding carboxylic acids is 1. The maximum atomic E-state index is 12.2. The second-order valence-corrected chi connectivity index (χ2v) is 5.97. The number of amides is 1. The van der Waals surface area contributed by atoms with Crippen LogP contribution < -0.4 is 5.32 Å². The van der Waals surface area contributed by atoms with Gasteiger partial charge in [0.25, 0.3) is 0 Å². The average Bonchev–Trinajstić information content (AvgIpc) is 2.81. The predicted molar refractivity (Wildman–Crippen MR) is 85.6 cm³/mol. The zero-order valence-electron chi connectivity index (χ0n) is 11.8. The minimum Gasteiger partial charge on any atom is -0.350 e. The molecule has 1 unspecified atom stereocenters. The lowest BCUT2D eigenvalue weighted by Gasteiger charge is -2.23. The minimum atomic E-state index is -0.286. The van der Waals surface area contributed by atoms with Crippen molar-refractivity contribution in [2.75, 3.05) is 18.4 Å². The van der Waals surface area contributed by atoms with Crippen LogP contribution in [-0.2, 0) is 4.79 Å². The molecule has 1 aromatic carbocycles. The fourth-order valence-corrected chi connectivity index (χ4v) is 3.25. The Morgan fingerprint density at radius 2 is 2.15 bits per heavy atom. The van der Waals surface area contributed by atoms with Crippen LogP contribution in [0.5, 0.6) is 0 Å². The Hall–Kier alpha value is -1.33. The molecule has 0 aliphatic carbocycles. The molecule has 0 saturated heterocycles. The highest BCUT2D eigenvalue weighted by Crippen LogP contribution is 2.28. The smallest absolute Gasteiger partial charge is 0.244 e. The molecule has 0 aliphatic heterocycles. The van der Waals surface area contributed by atoms with Crippen LogP contribution in [0, 0.1) is 0 Å². The van der Waals surface area contributed by atoms with Crippen LogP contribution in [0.25, 0.3) is 10.2 Å². The lowest BCUT2D eigenvalue weighted by molar-refractivity contribution is -0.131. The van der Waals surface area contributed by atoms with E-state index in [2.05, 4.69) is 10.3 Å². The van der Waals surface area contributed by atoms with E-state index in [1.807, 2.05) is 43.9 Å². The summed E-state index contributed by atoms with van der Waals surface area (Å²) in [7, 11) is 0. The first-order valence-corrected chi connectivity index (χ1v) is 7.86. The van der Waals surface area contributed by atoms with Crippen LogP contribution in [0.3, 0.4) is 0 Å². The molecule has 1 heterocycles. The van der Waals surface area contributed by atoms with Crippen molar-refractivity contribution in [3.63, 3.8) is 0 Å². The van der Waals surface area contributed by atoms with Crippen molar-refractivity contribution in [2.24, 2.45) is 0 Å². The summed E-state index contributed by atoms with van der Waals surface area (Å²) in [4.78, 5) is 18.5. The quantitative estimate of drug-likeness (QED) is 0.917. The number of nitrogens with one attached hydrogen (secondary N) is 1. The fourth-order valence-electron chi connectivity index (χ4n) is 2.02. The summed E-state index contributed by atoms with van der Waals surface area (Å²) < 4.78 is 1.02. The Bertz CT molecular complexity index is 609. The number of carbonyl (C=O) groups is 1. The van der Waals surface area contributed by atoms with Crippen LogP contribution in [0.15, 0.2) is 18.2 Å². The van der Waals surface area contributed by atoms with Crippen LogP contribution >= 0.6 is 22.9 Å². The van der Waals surface area contributed by atoms with E-state index in [1.165, 1.54) is 11.3 Å². The normalized spacial score (nSPS) is 12.4. The predicted octanol–water partition coefficient (Wildman–Crippen LogP) is 3.62. The molecule has 2 aromatic rings. The molecule has 1 aromatic heterocycles. The van der Waals surface area contributed by atoms with E-state index in [9.17, 15) is 4.79 Å². The highest BCUT2D eigenvalue weighted by Gasteiger charge is 2.19. The van der Waals surface area contributed by atoms with E-state index in [1.54, 1.807) is 0 Å². The Labute approximate surface area is 127 Å². The van der Waals surface area contributed by atoms with E-state index in [0.29, 0.717) is 5.02 Å². The van der Waals surface area contributed by atoms with Crippen molar-refractivity contribution < 1.29 is 4.79 Å². The lowest BCUT2D eigenvalue weighted by Crippen LogP contribution is -2.41. The summed E-state index contributed by atoms with van der Waals surface area (Å²) in [5.74, 6) is 0.0901. The van der Waals surface area contributed by atoms with Gasteiger partial charge in [0.2, 0.25) is 5.91 Å². The van der Waals surface area contributed by atoms with E-state index in [0.717, 1.165) is 28.4 Å². The molecule has 4 nitrogen and oxygen atoms in total. The molecule has 1 amide bonds. The molecule has 0 aliphatic rings. The van der Waals surface area contributed by atoms with Crippen molar-refractivity contribution in [2.45, 2.75) is 26.8 Å². The van der Waals surface area contributed by atoms with Gasteiger partial charge in [-0.1, -0.05) is 22.9 Å². The molecule has 1 N–H and O–H groups in total. The summed E-state index contributed by atoms with van der Waals surface area (Å²) in [6.45, 7) is 7.26. The van der Waals surface area contributed by atoms with Gasteiger partial charge in [-0.25, -0.2) is 4.98 Å². The Kier molecular flexibility index (Phi) is 4.83. The summed E-state index contributed by atoms with van der Waals surface area (Å²) in [5, 5.41) is 4.61. The molecule has 0 spiro atoms. The largest absolute Gasteiger partial charge is 0.350 e. The van der Waals surface area contributed by atoms with Gasteiger partial charge in [-0.05, 0) is 39.0 Å². The minimum absolute atomic E-state index is 0.0901. The molecule has 1 atom stereocenters. The first-order chi connectivity index (χ1) is 9.55.